The highest BCUT2D eigenvalue weighted by molar-refractivity contribution is 5.34. The molecule has 2 rings (SSSR count). The van der Waals surface area contributed by atoms with Gasteiger partial charge in [-0.15, -0.1) is 0 Å². The van der Waals surface area contributed by atoms with E-state index in [0.717, 1.165) is 12.8 Å². The molecular formula is C11H13F2N. The number of aryl methyl sites for hydroxylation is 1. The van der Waals surface area contributed by atoms with Gasteiger partial charge in [-0.2, -0.15) is 0 Å². The molecule has 0 radical (unpaired) electrons. The Hall–Kier alpha value is -0.960. The molecule has 3 heteroatoms. The van der Waals surface area contributed by atoms with Crippen molar-refractivity contribution in [2.45, 2.75) is 25.3 Å². The van der Waals surface area contributed by atoms with Gasteiger partial charge in [-0.1, -0.05) is 24.3 Å². The van der Waals surface area contributed by atoms with Crippen molar-refractivity contribution < 1.29 is 8.78 Å². The Bertz CT molecular complexity index is 312. The van der Waals surface area contributed by atoms with E-state index in [1.807, 2.05) is 18.2 Å². The lowest BCUT2D eigenvalue weighted by Gasteiger charge is -2.13. The molecule has 0 saturated heterocycles. The van der Waals surface area contributed by atoms with Crippen molar-refractivity contribution in [2.24, 2.45) is 0 Å². The summed E-state index contributed by atoms with van der Waals surface area (Å²) in [4.78, 5) is 0. The number of rotatable bonds is 3. The van der Waals surface area contributed by atoms with Gasteiger partial charge in [0.25, 0.3) is 6.43 Å². The van der Waals surface area contributed by atoms with Crippen molar-refractivity contribution in [1.29, 1.82) is 0 Å². The van der Waals surface area contributed by atoms with Crippen LogP contribution < -0.4 is 5.32 Å². The Morgan fingerprint density at radius 2 is 2.14 bits per heavy atom. The van der Waals surface area contributed by atoms with Gasteiger partial charge in [0, 0.05) is 6.04 Å². The maximum Gasteiger partial charge on any atom is 0.250 e. The van der Waals surface area contributed by atoms with E-state index in [4.69, 9.17) is 0 Å². The third-order valence-corrected chi connectivity index (χ3v) is 2.65. The SMILES string of the molecule is FC(F)CNC1CCc2ccccc21. The molecule has 1 N–H and O–H groups in total. The minimum Gasteiger partial charge on any atom is -0.305 e. The lowest BCUT2D eigenvalue weighted by atomic mass is 10.1. The fraction of sp³-hybridized carbons (Fsp3) is 0.455. The molecule has 76 valence electrons. The fourth-order valence-electron chi connectivity index (χ4n) is 2.00. The molecule has 1 nitrogen and oxygen atoms in total. The number of hydrogen-bond donors (Lipinski definition) is 1. The first-order valence-corrected chi connectivity index (χ1v) is 4.86. The second kappa shape index (κ2) is 4.05. The molecule has 1 aromatic carbocycles. The van der Waals surface area contributed by atoms with Crippen LogP contribution in [0.1, 0.15) is 23.6 Å². The number of hydrogen-bond acceptors (Lipinski definition) is 1. The highest BCUT2D eigenvalue weighted by atomic mass is 19.3. The average molecular weight is 197 g/mol. The summed E-state index contributed by atoms with van der Waals surface area (Å²) in [5.41, 5.74) is 2.48. The molecule has 1 aliphatic rings. The van der Waals surface area contributed by atoms with Crippen LogP contribution in [0.15, 0.2) is 24.3 Å². The summed E-state index contributed by atoms with van der Waals surface area (Å²) in [5.74, 6) is 0. The standard InChI is InChI=1S/C11H13F2N/c12-11(13)7-14-10-6-5-8-3-1-2-4-9(8)10/h1-4,10-11,14H,5-7H2. The maximum atomic E-state index is 12.0. The van der Waals surface area contributed by atoms with E-state index >= 15 is 0 Å². The van der Waals surface area contributed by atoms with Crippen LogP contribution in [0.3, 0.4) is 0 Å². The molecule has 0 bridgehead atoms. The summed E-state index contributed by atoms with van der Waals surface area (Å²) >= 11 is 0. The van der Waals surface area contributed by atoms with Crippen molar-refractivity contribution in [1.82, 2.24) is 5.32 Å². The summed E-state index contributed by atoms with van der Waals surface area (Å²) in [5, 5.41) is 2.89. The van der Waals surface area contributed by atoms with Crippen LogP contribution in [0.2, 0.25) is 0 Å². The number of alkyl halides is 2. The second-order valence-corrected chi connectivity index (χ2v) is 3.59. The van der Waals surface area contributed by atoms with Gasteiger partial charge in [0.05, 0.1) is 6.54 Å². The van der Waals surface area contributed by atoms with Crippen LogP contribution in [0, 0.1) is 0 Å². The summed E-state index contributed by atoms with van der Waals surface area (Å²) in [6.07, 6.45) is -0.328. The Balaban J connectivity index is 2.03. The van der Waals surface area contributed by atoms with Crippen molar-refractivity contribution in [3.8, 4) is 0 Å². The van der Waals surface area contributed by atoms with Crippen LogP contribution in [-0.2, 0) is 6.42 Å². The number of benzene rings is 1. The normalized spacial score (nSPS) is 20.1. The predicted molar refractivity (Wildman–Crippen MR) is 51.5 cm³/mol. The minimum atomic E-state index is -2.26. The van der Waals surface area contributed by atoms with E-state index < -0.39 is 6.43 Å². The molecule has 1 unspecified atom stereocenters. The van der Waals surface area contributed by atoms with Crippen LogP contribution in [0.25, 0.3) is 0 Å². The van der Waals surface area contributed by atoms with Gasteiger partial charge in [0.1, 0.15) is 0 Å². The average Bonchev–Trinajstić information content (AvgIpc) is 2.58. The van der Waals surface area contributed by atoms with Gasteiger partial charge in [-0.3, -0.25) is 0 Å². The lowest BCUT2D eigenvalue weighted by Crippen LogP contribution is -2.24. The Labute approximate surface area is 82.1 Å². The van der Waals surface area contributed by atoms with Gasteiger partial charge >= 0.3 is 0 Å². The quantitative estimate of drug-likeness (QED) is 0.785. The third kappa shape index (κ3) is 1.93. The van der Waals surface area contributed by atoms with Crippen molar-refractivity contribution >= 4 is 0 Å². The zero-order chi connectivity index (χ0) is 9.97. The van der Waals surface area contributed by atoms with E-state index in [2.05, 4.69) is 11.4 Å². The van der Waals surface area contributed by atoms with E-state index in [-0.39, 0.29) is 12.6 Å². The third-order valence-electron chi connectivity index (χ3n) is 2.65. The topological polar surface area (TPSA) is 12.0 Å². The zero-order valence-electron chi connectivity index (χ0n) is 7.84. The van der Waals surface area contributed by atoms with Gasteiger partial charge in [-0.05, 0) is 24.0 Å². The molecule has 0 saturated carbocycles. The van der Waals surface area contributed by atoms with Crippen LogP contribution >= 0.6 is 0 Å². The van der Waals surface area contributed by atoms with E-state index in [1.165, 1.54) is 11.1 Å². The summed E-state index contributed by atoms with van der Waals surface area (Å²) in [7, 11) is 0. The molecule has 14 heavy (non-hydrogen) atoms. The molecule has 0 fully saturated rings. The number of halogens is 2. The molecule has 1 aliphatic carbocycles. The van der Waals surface area contributed by atoms with Crippen molar-refractivity contribution in [3.63, 3.8) is 0 Å². The predicted octanol–water partition coefficient (Wildman–Crippen LogP) is 2.53. The summed E-state index contributed by atoms with van der Waals surface area (Å²) < 4.78 is 24.0. The fourth-order valence-corrected chi connectivity index (χ4v) is 2.00. The molecule has 1 aromatic rings. The zero-order valence-corrected chi connectivity index (χ0v) is 7.84. The smallest absolute Gasteiger partial charge is 0.250 e. The monoisotopic (exact) mass is 197 g/mol. The van der Waals surface area contributed by atoms with Crippen molar-refractivity contribution in [3.05, 3.63) is 35.4 Å². The molecular weight excluding hydrogens is 184 g/mol. The van der Waals surface area contributed by atoms with Gasteiger partial charge in [0.2, 0.25) is 0 Å². The molecule has 0 spiro atoms. The van der Waals surface area contributed by atoms with Gasteiger partial charge < -0.3 is 5.32 Å². The number of nitrogens with one attached hydrogen (secondary N) is 1. The maximum absolute atomic E-state index is 12.0. The highest BCUT2D eigenvalue weighted by Crippen LogP contribution is 2.30. The molecule has 0 aliphatic heterocycles. The van der Waals surface area contributed by atoms with Crippen LogP contribution in [0.5, 0.6) is 0 Å². The van der Waals surface area contributed by atoms with Gasteiger partial charge in [-0.25, -0.2) is 8.78 Å². The highest BCUT2D eigenvalue weighted by Gasteiger charge is 2.21. The van der Waals surface area contributed by atoms with Gasteiger partial charge in [0.15, 0.2) is 0 Å². The Morgan fingerprint density at radius 1 is 1.36 bits per heavy atom. The van der Waals surface area contributed by atoms with Crippen molar-refractivity contribution in [2.75, 3.05) is 6.54 Å². The minimum absolute atomic E-state index is 0.125. The lowest BCUT2D eigenvalue weighted by molar-refractivity contribution is 0.141. The number of fused-ring (bicyclic) bond motifs is 1. The first-order valence-electron chi connectivity index (χ1n) is 4.86. The Morgan fingerprint density at radius 3 is 2.93 bits per heavy atom. The first-order chi connectivity index (χ1) is 6.77. The second-order valence-electron chi connectivity index (χ2n) is 3.59. The first kappa shape index (κ1) is 9.59. The summed E-state index contributed by atoms with van der Waals surface area (Å²) in [6.45, 7) is -0.209. The van der Waals surface area contributed by atoms with E-state index in [0.29, 0.717) is 0 Å². The Kier molecular flexibility index (Phi) is 2.77. The molecule has 0 amide bonds. The van der Waals surface area contributed by atoms with E-state index in [1.54, 1.807) is 0 Å². The molecule has 1 atom stereocenters. The van der Waals surface area contributed by atoms with Crippen LogP contribution in [-0.4, -0.2) is 13.0 Å². The molecule has 0 heterocycles. The summed E-state index contributed by atoms with van der Waals surface area (Å²) in [6, 6.07) is 8.17. The van der Waals surface area contributed by atoms with Crippen LogP contribution in [0.4, 0.5) is 8.78 Å². The molecule has 0 aromatic heterocycles. The van der Waals surface area contributed by atoms with E-state index in [9.17, 15) is 8.78 Å². The largest absolute Gasteiger partial charge is 0.305 e.